The Balaban J connectivity index is 2.14. The highest BCUT2D eigenvalue weighted by atomic mass is 35.5. The average molecular weight is 390 g/mol. The summed E-state index contributed by atoms with van der Waals surface area (Å²) in [5, 5.41) is 14.1. The van der Waals surface area contributed by atoms with Crippen LogP contribution in [-0.4, -0.2) is 24.0 Å². The summed E-state index contributed by atoms with van der Waals surface area (Å²) in [5.41, 5.74) is 9.26. The molecule has 1 heterocycles. The standard InChI is InChI=1S/C19H24ClN5O2/c1-5-15-17(18(22)27-4)14(21)9-16(24-15)25-19(26)23-11(3)12-6-7-13(20)10(2)8-12/h6-9,11,22H,5H2,1-4H3,(H4,21,23,24,25,26)/t11-/m1/s1. The number of halogens is 1. The molecule has 2 amide bonds. The number of benzene rings is 1. The van der Waals surface area contributed by atoms with E-state index in [2.05, 4.69) is 15.6 Å². The Morgan fingerprint density at radius 1 is 1.41 bits per heavy atom. The van der Waals surface area contributed by atoms with Crippen LogP contribution in [-0.2, 0) is 11.2 Å². The summed E-state index contributed by atoms with van der Waals surface area (Å²) in [6, 6.07) is 6.50. The maximum absolute atomic E-state index is 12.3. The highest BCUT2D eigenvalue weighted by molar-refractivity contribution is 6.31. The van der Waals surface area contributed by atoms with E-state index in [0.717, 1.165) is 11.1 Å². The minimum Gasteiger partial charge on any atom is -0.481 e. The number of hydrogen-bond donors (Lipinski definition) is 4. The molecule has 144 valence electrons. The van der Waals surface area contributed by atoms with Crippen molar-refractivity contribution in [3.8, 4) is 0 Å². The lowest BCUT2D eigenvalue weighted by Crippen LogP contribution is -2.31. The molecule has 0 bridgehead atoms. The third kappa shape index (κ3) is 4.89. The maximum atomic E-state index is 12.3. The first-order valence-electron chi connectivity index (χ1n) is 8.52. The first-order chi connectivity index (χ1) is 12.8. The fraction of sp³-hybridized carbons (Fsp3) is 0.316. The third-order valence-corrected chi connectivity index (χ3v) is 4.59. The van der Waals surface area contributed by atoms with Crippen molar-refractivity contribution in [2.24, 2.45) is 0 Å². The number of amides is 2. The van der Waals surface area contributed by atoms with E-state index in [4.69, 9.17) is 27.5 Å². The van der Waals surface area contributed by atoms with E-state index in [1.54, 1.807) is 0 Å². The number of aromatic nitrogens is 1. The van der Waals surface area contributed by atoms with Gasteiger partial charge in [0.2, 0.25) is 5.90 Å². The molecule has 1 atom stereocenters. The lowest BCUT2D eigenvalue weighted by atomic mass is 10.1. The summed E-state index contributed by atoms with van der Waals surface area (Å²) in [4.78, 5) is 16.7. The Morgan fingerprint density at radius 2 is 2.11 bits per heavy atom. The summed E-state index contributed by atoms with van der Waals surface area (Å²) in [7, 11) is 1.40. The van der Waals surface area contributed by atoms with Crippen molar-refractivity contribution in [3.05, 3.63) is 51.7 Å². The lowest BCUT2D eigenvalue weighted by molar-refractivity contribution is 0.249. The van der Waals surface area contributed by atoms with Gasteiger partial charge in [0.15, 0.2) is 0 Å². The first kappa shape index (κ1) is 20.5. The second-order valence-electron chi connectivity index (χ2n) is 6.13. The van der Waals surface area contributed by atoms with E-state index in [9.17, 15) is 4.79 Å². The summed E-state index contributed by atoms with van der Waals surface area (Å²) in [6.07, 6.45) is 0.545. The molecule has 5 N–H and O–H groups in total. The molecule has 0 fully saturated rings. The monoisotopic (exact) mass is 389 g/mol. The number of urea groups is 1. The molecule has 0 spiro atoms. The molecule has 27 heavy (non-hydrogen) atoms. The highest BCUT2D eigenvalue weighted by Gasteiger charge is 2.17. The molecule has 0 radical (unpaired) electrons. The molecule has 1 aromatic carbocycles. The number of pyridine rings is 1. The zero-order valence-corrected chi connectivity index (χ0v) is 16.6. The van der Waals surface area contributed by atoms with Crippen molar-refractivity contribution < 1.29 is 9.53 Å². The number of nitrogens with zero attached hydrogens (tertiary/aromatic N) is 1. The number of nitrogens with one attached hydrogen (secondary N) is 3. The Hall–Kier alpha value is -2.80. The molecule has 0 saturated carbocycles. The van der Waals surface area contributed by atoms with Crippen molar-refractivity contribution in [1.82, 2.24) is 10.3 Å². The number of carbonyl (C=O) groups excluding carboxylic acids is 1. The Labute approximate surface area is 163 Å². The topological polar surface area (TPSA) is 113 Å². The van der Waals surface area contributed by atoms with E-state index in [-0.39, 0.29) is 11.9 Å². The number of nitrogen functional groups attached to an aromatic ring is 1. The van der Waals surface area contributed by atoms with Crippen LogP contribution >= 0.6 is 11.6 Å². The fourth-order valence-corrected chi connectivity index (χ4v) is 2.79. The predicted octanol–water partition coefficient (Wildman–Crippen LogP) is 4.04. The van der Waals surface area contributed by atoms with Crippen LogP contribution in [0.4, 0.5) is 16.3 Å². The Morgan fingerprint density at radius 3 is 2.70 bits per heavy atom. The minimum absolute atomic E-state index is 0.0559. The molecule has 2 rings (SSSR count). The summed E-state index contributed by atoms with van der Waals surface area (Å²) >= 11 is 6.04. The van der Waals surface area contributed by atoms with Crippen molar-refractivity contribution in [1.29, 1.82) is 5.41 Å². The molecule has 0 aliphatic carbocycles. The number of anilines is 2. The average Bonchev–Trinajstić information content (AvgIpc) is 2.62. The smallest absolute Gasteiger partial charge is 0.320 e. The van der Waals surface area contributed by atoms with Gasteiger partial charge in [0, 0.05) is 16.8 Å². The van der Waals surface area contributed by atoms with Crippen LogP contribution in [0.2, 0.25) is 5.02 Å². The normalized spacial score (nSPS) is 11.6. The second kappa shape index (κ2) is 8.73. The summed E-state index contributed by atoms with van der Waals surface area (Å²) in [5.74, 6) is 0.258. The van der Waals surface area contributed by atoms with Gasteiger partial charge in [-0.2, -0.15) is 0 Å². The van der Waals surface area contributed by atoms with Crippen molar-refractivity contribution >= 4 is 35.0 Å². The second-order valence-corrected chi connectivity index (χ2v) is 6.54. The molecular weight excluding hydrogens is 366 g/mol. The molecule has 0 saturated heterocycles. The van der Waals surface area contributed by atoms with E-state index in [1.165, 1.54) is 13.2 Å². The van der Waals surface area contributed by atoms with Gasteiger partial charge in [-0.25, -0.2) is 9.78 Å². The highest BCUT2D eigenvalue weighted by Crippen LogP contribution is 2.23. The minimum atomic E-state index is -0.404. The fourth-order valence-electron chi connectivity index (χ4n) is 2.67. The third-order valence-electron chi connectivity index (χ3n) is 4.16. The van der Waals surface area contributed by atoms with E-state index in [1.807, 2.05) is 39.0 Å². The van der Waals surface area contributed by atoms with Crippen LogP contribution < -0.4 is 16.4 Å². The number of methoxy groups -OCH3 is 1. The van der Waals surface area contributed by atoms with Gasteiger partial charge >= 0.3 is 6.03 Å². The zero-order valence-electron chi connectivity index (χ0n) is 15.8. The number of rotatable bonds is 5. The van der Waals surface area contributed by atoms with Crippen molar-refractivity contribution in [3.63, 3.8) is 0 Å². The summed E-state index contributed by atoms with van der Waals surface area (Å²) < 4.78 is 4.95. The summed E-state index contributed by atoms with van der Waals surface area (Å²) in [6.45, 7) is 5.68. The van der Waals surface area contributed by atoms with Crippen LogP contribution in [0.15, 0.2) is 24.3 Å². The number of hydrogen-bond acceptors (Lipinski definition) is 5. The predicted molar refractivity (Wildman–Crippen MR) is 109 cm³/mol. The molecule has 2 aromatic rings. The van der Waals surface area contributed by atoms with Gasteiger partial charge in [-0.05, 0) is 37.5 Å². The van der Waals surface area contributed by atoms with Gasteiger partial charge in [-0.3, -0.25) is 10.7 Å². The van der Waals surface area contributed by atoms with Gasteiger partial charge < -0.3 is 15.8 Å². The van der Waals surface area contributed by atoms with Gasteiger partial charge in [0.05, 0.1) is 24.4 Å². The van der Waals surface area contributed by atoms with Crippen molar-refractivity contribution in [2.45, 2.75) is 33.2 Å². The number of carbonyl (C=O) groups is 1. The number of aryl methyl sites for hydroxylation is 2. The Bertz CT molecular complexity index is 869. The van der Waals surface area contributed by atoms with Gasteiger partial charge in [-0.15, -0.1) is 0 Å². The quantitative estimate of drug-likeness (QED) is 0.456. The van der Waals surface area contributed by atoms with E-state index in [0.29, 0.717) is 34.2 Å². The molecule has 0 aliphatic rings. The van der Waals surface area contributed by atoms with Crippen LogP contribution in [0.3, 0.4) is 0 Å². The van der Waals surface area contributed by atoms with E-state index < -0.39 is 6.03 Å². The van der Waals surface area contributed by atoms with Crippen LogP contribution in [0.25, 0.3) is 0 Å². The van der Waals surface area contributed by atoms with Crippen LogP contribution in [0.5, 0.6) is 0 Å². The molecule has 1 aromatic heterocycles. The Kier molecular flexibility index (Phi) is 6.63. The van der Waals surface area contributed by atoms with Crippen LogP contribution in [0.1, 0.15) is 42.3 Å². The molecular formula is C19H24ClN5O2. The number of nitrogens with two attached hydrogens (primary N) is 1. The largest absolute Gasteiger partial charge is 0.481 e. The van der Waals surface area contributed by atoms with Gasteiger partial charge in [-0.1, -0.05) is 30.7 Å². The maximum Gasteiger partial charge on any atom is 0.320 e. The lowest BCUT2D eigenvalue weighted by Gasteiger charge is -2.17. The molecule has 0 aliphatic heterocycles. The molecule has 8 heteroatoms. The number of ether oxygens (including phenoxy) is 1. The van der Waals surface area contributed by atoms with Crippen LogP contribution in [0, 0.1) is 12.3 Å². The molecule has 0 unspecified atom stereocenters. The first-order valence-corrected chi connectivity index (χ1v) is 8.90. The zero-order chi connectivity index (χ0) is 20.1. The van der Waals surface area contributed by atoms with Crippen molar-refractivity contribution in [2.75, 3.05) is 18.2 Å². The van der Waals surface area contributed by atoms with E-state index >= 15 is 0 Å². The van der Waals surface area contributed by atoms with Gasteiger partial charge in [0.25, 0.3) is 0 Å². The SMILES string of the molecule is CCc1nc(NC(=O)N[C@H](C)c2ccc(Cl)c(C)c2)cc(N)c1C(=N)OC. The van der Waals surface area contributed by atoms with Gasteiger partial charge in [0.1, 0.15) is 5.82 Å². The molecule has 7 nitrogen and oxygen atoms in total.